The molecule has 5 atom stereocenters. The minimum absolute atomic E-state index is 0.0345. The van der Waals surface area contributed by atoms with Crippen molar-refractivity contribution in [3.63, 3.8) is 0 Å². The first kappa shape index (κ1) is 28.0. The molecule has 4 unspecified atom stereocenters. The fourth-order valence-corrected chi connectivity index (χ4v) is 7.30. The zero-order chi connectivity index (χ0) is 28.8. The van der Waals surface area contributed by atoms with Gasteiger partial charge in [0.25, 0.3) is 5.91 Å². The first-order valence-electron chi connectivity index (χ1n) is 13.6. The lowest BCUT2D eigenvalue weighted by Crippen LogP contribution is -2.53. The number of halogens is 4. The molecule has 0 aliphatic heterocycles. The van der Waals surface area contributed by atoms with Crippen LogP contribution in [0.4, 0.5) is 13.2 Å². The van der Waals surface area contributed by atoms with Crippen molar-refractivity contribution in [3.05, 3.63) is 87.7 Å². The van der Waals surface area contributed by atoms with Crippen LogP contribution >= 0.6 is 15.9 Å². The second kappa shape index (κ2) is 10.9. The van der Waals surface area contributed by atoms with E-state index in [-0.39, 0.29) is 36.3 Å². The summed E-state index contributed by atoms with van der Waals surface area (Å²) in [5.74, 6) is 1.69. The lowest BCUT2D eigenvalue weighted by Gasteiger charge is -2.44. The highest BCUT2D eigenvalue weighted by Crippen LogP contribution is 2.77. The van der Waals surface area contributed by atoms with E-state index in [1.165, 1.54) is 13.2 Å². The van der Waals surface area contributed by atoms with Crippen LogP contribution in [-0.2, 0) is 24.1 Å². The van der Waals surface area contributed by atoms with Gasteiger partial charge >= 0.3 is 6.18 Å². The van der Waals surface area contributed by atoms with Gasteiger partial charge in [-0.2, -0.15) is 13.2 Å². The van der Waals surface area contributed by atoms with Gasteiger partial charge in [-0.1, -0.05) is 42.5 Å². The number of amides is 1. The smallest absolute Gasteiger partial charge is 0.416 e. The molecule has 1 N–H and O–H groups in total. The van der Waals surface area contributed by atoms with Crippen LogP contribution < -0.4 is 14.8 Å². The molecule has 3 saturated carbocycles. The molecule has 3 aliphatic rings. The highest BCUT2D eigenvalue weighted by atomic mass is 79.9. The standard InChI is InChI=1S/C31H30BrF3N2O4/c1-39-24-13-26(32)37-27(28(24)41-16-18-6-3-2-4-7-18)29(38)36-25-12-22-11-20(23-14-30(22,23)25)17-40-15-19-8-5-9-21(10-19)31(33,34)35/h2-10,13,20,22-23,25H,11-12,14-17H2,1H3,(H,36,38)/t20-,22?,23?,25?,30?/m1/s1. The van der Waals surface area contributed by atoms with Crippen LogP contribution in [0.5, 0.6) is 11.5 Å². The summed E-state index contributed by atoms with van der Waals surface area (Å²) in [6.45, 7) is 0.912. The van der Waals surface area contributed by atoms with Crippen molar-refractivity contribution in [2.45, 2.75) is 44.7 Å². The van der Waals surface area contributed by atoms with Crippen molar-refractivity contribution in [2.75, 3.05) is 13.7 Å². The predicted molar refractivity (Wildman–Crippen MR) is 148 cm³/mol. The normalized spacial score (nSPS) is 26.0. The topological polar surface area (TPSA) is 69.7 Å². The lowest BCUT2D eigenvalue weighted by molar-refractivity contribution is -0.137. The molecule has 6 nitrogen and oxygen atoms in total. The molecule has 2 aromatic carbocycles. The van der Waals surface area contributed by atoms with Crippen molar-refractivity contribution in [2.24, 2.45) is 23.2 Å². The van der Waals surface area contributed by atoms with Crippen LogP contribution in [0.1, 0.15) is 46.4 Å². The molecular formula is C31H30BrF3N2O4. The number of carbonyl (C=O) groups excluding carboxylic acids is 1. The molecule has 6 rings (SSSR count). The van der Waals surface area contributed by atoms with E-state index in [9.17, 15) is 18.0 Å². The Hall–Kier alpha value is -3.11. The van der Waals surface area contributed by atoms with Gasteiger partial charge in [0, 0.05) is 12.1 Å². The third kappa shape index (κ3) is 5.44. The first-order chi connectivity index (χ1) is 19.7. The molecule has 1 spiro atoms. The van der Waals surface area contributed by atoms with Crippen molar-refractivity contribution >= 4 is 21.8 Å². The molecule has 3 fully saturated rings. The number of methoxy groups -OCH3 is 1. The number of carbonyl (C=O) groups is 1. The Kier molecular flexibility index (Phi) is 7.48. The van der Waals surface area contributed by atoms with E-state index < -0.39 is 11.7 Å². The van der Waals surface area contributed by atoms with Gasteiger partial charge in [-0.3, -0.25) is 4.79 Å². The average Bonchev–Trinajstić information content (AvgIpc) is 3.69. The maximum atomic E-state index is 13.5. The quantitative estimate of drug-likeness (QED) is 0.249. The van der Waals surface area contributed by atoms with Gasteiger partial charge in [-0.15, -0.1) is 0 Å². The Bertz CT molecular complexity index is 1440. The minimum Gasteiger partial charge on any atom is -0.493 e. The molecule has 216 valence electrons. The van der Waals surface area contributed by atoms with Crippen LogP contribution in [0.15, 0.2) is 65.3 Å². The molecule has 0 saturated heterocycles. The van der Waals surface area contributed by atoms with Crippen LogP contribution in [0.25, 0.3) is 0 Å². The summed E-state index contributed by atoms with van der Waals surface area (Å²) < 4.78 is 57.0. The van der Waals surface area contributed by atoms with Gasteiger partial charge in [-0.25, -0.2) is 4.98 Å². The number of alkyl halides is 3. The van der Waals surface area contributed by atoms with E-state index in [0.29, 0.717) is 46.0 Å². The number of nitrogens with zero attached hydrogens (tertiary/aromatic N) is 1. The van der Waals surface area contributed by atoms with E-state index in [0.717, 1.165) is 37.0 Å². The number of hydrogen-bond acceptors (Lipinski definition) is 5. The van der Waals surface area contributed by atoms with E-state index in [1.54, 1.807) is 12.1 Å². The van der Waals surface area contributed by atoms with Crippen LogP contribution in [0.2, 0.25) is 0 Å². The molecule has 0 radical (unpaired) electrons. The van der Waals surface area contributed by atoms with Crippen LogP contribution in [0.3, 0.4) is 0 Å². The Balaban J connectivity index is 1.08. The van der Waals surface area contributed by atoms with Crippen LogP contribution in [-0.4, -0.2) is 30.6 Å². The summed E-state index contributed by atoms with van der Waals surface area (Å²) in [5, 5.41) is 3.22. The summed E-state index contributed by atoms with van der Waals surface area (Å²) in [6.07, 6.45) is -1.45. The Morgan fingerprint density at radius 2 is 1.85 bits per heavy atom. The van der Waals surface area contributed by atoms with Gasteiger partial charge in [0.05, 0.1) is 25.9 Å². The second-order valence-corrected chi connectivity index (χ2v) is 12.0. The van der Waals surface area contributed by atoms with Crippen LogP contribution in [0, 0.1) is 23.2 Å². The molecule has 1 amide bonds. The van der Waals surface area contributed by atoms with Gasteiger partial charge < -0.3 is 19.5 Å². The summed E-state index contributed by atoms with van der Waals surface area (Å²) in [6, 6.07) is 16.6. The zero-order valence-electron chi connectivity index (χ0n) is 22.4. The van der Waals surface area contributed by atoms with Gasteiger partial charge in [0.15, 0.2) is 17.2 Å². The minimum atomic E-state index is -4.37. The van der Waals surface area contributed by atoms with Crippen molar-refractivity contribution < 1.29 is 32.2 Å². The van der Waals surface area contributed by atoms with Crippen molar-refractivity contribution in [3.8, 4) is 11.5 Å². The third-order valence-corrected chi connectivity index (χ3v) is 9.32. The molecule has 0 bridgehead atoms. The Labute approximate surface area is 244 Å². The van der Waals surface area contributed by atoms with Crippen molar-refractivity contribution in [1.82, 2.24) is 10.3 Å². The highest BCUT2D eigenvalue weighted by Gasteiger charge is 2.75. The lowest BCUT2D eigenvalue weighted by atomic mass is 9.66. The monoisotopic (exact) mass is 630 g/mol. The van der Waals surface area contributed by atoms with Gasteiger partial charge in [-0.05, 0) is 81.6 Å². The summed E-state index contributed by atoms with van der Waals surface area (Å²) in [7, 11) is 1.52. The fraction of sp³-hybridized carbons (Fsp3) is 0.419. The Morgan fingerprint density at radius 1 is 1.07 bits per heavy atom. The molecular weight excluding hydrogens is 601 g/mol. The number of benzene rings is 2. The maximum absolute atomic E-state index is 13.5. The zero-order valence-corrected chi connectivity index (χ0v) is 24.0. The molecule has 10 heteroatoms. The highest BCUT2D eigenvalue weighted by molar-refractivity contribution is 9.10. The largest absolute Gasteiger partial charge is 0.493 e. The summed E-state index contributed by atoms with van der Waals surface area (Å²) >= 11 is 3.38. The summed E-state index contributed by atoms with van der Waals surface area (Å²) in [5.41, 5.74) is 1.05. The SMILES string of the molecule is COc1cc(Br)nc(C(=O)NC2CC3C[C@H](COCc4cccc(C(F)(F)F)c4)C4CC324)c1OCc1ccccc1. The van der Waals surface area contributed by atoms with E-state index in [1.807, 2.05) is 30.3 Å². The second-order valence-electron chi connectivity index (χ2n) is 11.2. The van der Waals surface area contributed by atoms with E-state index in [4.69, 9.17) is 14.2 Å². The van der Waals surface area contributed by atoms with Gasteiger partial charge in [0.2, 0.25) is 0 Å². The number of pyridine rings is 1. The fourth-order valence-electron chi connectivity index (χ4n) is 6.91. The van der Waals surface area contributed by atoms with Crippen molar-refractivity contribution in [1.29, 1.82) is 0 Å². The maximum Gasteiger partial charge on any atom is 0.416 e. The summed E-state index contributed by atoms with van der Waals surface area (Å²) in [4.78, 5) is 18.0. The molecule has 41 heavy (non-hydrogen) atoms. The average molecular weight is 631 g/mol. The molecule has 3 aliphatic carbocycles. The first-order valence-corrected chi connectivity index (χ1v) is 14.4. The van der Waals surface area contributed by atoms with Gasteiger partial charge in [0.1, 0.15) is 11.2 Å². The number of nitrogens with one attached hydrogen (secondary N) is 1. The van der Waals surface area contributed by atoms with E-state index in [2.05, 4.69) is 26.2 Å². The van der Waals surface area contributed by atoms with E-state index >= 15 is 0 Å². The predicted octanol–water partition coefficient (Wildman–Crippen LogP) is 6.81. The molecule has 1 aromatic heterocycles. The number of hydrogen-bond donors (Lipinski definition) is 1. The number of rotatable bonds is 10. The molecule has 3 aromatic rings. The number of ether oxygens (including phenoxy) is 3. The Morgan fingerprint density at radius 3 is 2.59 bits per heavy atom. The number of aromatic nitrogens is 1. The molecule has 1 heterocycles. The third-order valence-electron chi connectivity index (χ3n) is 8.92.